The van der Waals surface area contributed by atoms with Crippen LogP contribution in [0.1, 0.15) is 12.0 Å². The van der Waals surface area contributed by atoms with Crippen LogP contribution in [0.2, 0.25) is 0 Å². The summed E-state index contributed by atoms with van der Waals surface area (Å²) < 4.78 is 10.9. The number of aryl methyl sites for hydroxylation is 1. The molecule has 3 rings (SSSR count). The van der Waals surface area contributed by atoms with Crippen LogP contribution in [0.25, 0.3) is 0 Å². The van der Waals surface area contributed by atoms with Crippen LogP contribution in [-0.2, 0) is 20.7 Å². The van der Waals surface area contributed by atoms with Crippen molar-refractivity contribution in [3.8, 4) is 0 Å². The summed E-state index contributed by atoms with van der Waals surface area (Å²) in [5, 5.41) is 2.87. The summed E-state index contributed by atoms with van der Waals surface area (Å²) >= 11 is 0. The number of carbonyl (C=O) groups is 1. The predicted molar refractivity (Wildman–Crippen MR) is 81.6 cm³/mol. The summed E-state index contributed by atoms with van der Waals surface area (Å²) in [7, 11) is 3.40. The van der Waals surface area contributed by atoms with Crippen molar-refractivity contribution in [2.24, 2.45) is 0 Å². The average molecular weight is 291 g/mol. The Kier molecular flexibility index (Phi) is 3.73. The van der Waals surface area contributed by atoms with Crippen molar-refractivity contribution in [2.75, 3.05) is 43.3 Å². The molecule has 2 aliphatic rings. The van der Waals surface area contributed by atoms with Crippen LogP contribution < -0.4 is 16.0 Å². The molecule has 1 amide bonds. The van der Waals surface area contributed by atoms with Crippen LogP contribution in [0.15, 0.2) is 12.1 Å². The van der Waals surface area contributed by atoms with E-state index in [0.717, 1.165) is 36.4 Å². The molecule has 2 unspecified atom stereocenters. The highest BCUT2D eigenvalue weighted by atomic mass is 16.5. The van der Waals surface area contributed by atoms with Gasteiger partial charge in [-0.05, 0) is 24.1 Å². The van der Waals surface area contributed by atoms with E-state index in [1.54, 1.807) is 14.2 Å². The number of amides is 1. The molecule has 21 heavy (non-hydrogen) atoms. The topological polar surface area (TPSA) is 76.8 Å². The van der Waals surface area contributed by atoms with E-state index in [1.165, 1.54) is 0 Å². The molecular formula is C15H21N3O3. The number of fused-ring (bicyclic) bond motifs is 1. The molecule has 0 saturated carbocycles. The number of nitrogens with zero attached hydrogens (tertiary/aromatic N) is 1. The van der Waals surface area contributed by atoms with E-state index in [2.05, 4.69) is 16.3 Å². The maximum Gasteiger partial charge on any atom is 0.224 e. The van der Waals surface area contributed by atoms with Gasteiger partial charge in [0, 0.05) is 39.4 Å². The summed E-state index contributed by atoms with van der Waals surface area (Å²) in [6.45, 7) is 1.51. The Morgan fingerprint density at radius 3 is 2.48 bits per heavy atom. The van der Waals surface area contributed by atoms with Gasteiger partial charge in [0.1, 0.15) is 12.2 Å². The smallest absolute Gasteiger partial charge is 0.224 e. The lowest BCUT2D eigenvalue weighted by Crippen LogP contribution is -2.27. The van der Waals surface area contributed by atoms with Crippen LogP contribution in [0, 0.1) is 0 Å². The van der Waals surface area contributed by atoms with Crippen LogP contribution >= 0.6 is 0 Å². The summed E-state index contributed by atoms with van der Waals surface area (Å²) in [5.41, 5.74) is 9.79. The van der Waals surface area contributed by atoms with Gasteiger partial charge in [-0.1, -0.05) is 0 Å². The number of rotatable bonds is 3. The third-order valence-electron chi connectivity index (χ3n) is 4.31. The van der Waals surface area contributed by atoms with Crippen molar-refractivity contribution < 1.29 is 14.3 Å². The Balaban J connectivity index is 1.88. The molecule has 0 radical (unpaired) electrons. The number of nitrogens with one attached hydrogen (secondary N) is 1. The monoisotopic (exact) mass is 291 g/mol. The lowest BCUT2D eigenvalue weighted by atomic mass is 10.0. The van der Waals surface area contributed by atoms with Crippen LogP contribution in [0.3, 0.4) is 0 Å². The number of hydrogen-bond donors (Lipinski definition) is 2. The first kappa shape index (κ1) is 14.2. The second kappa shape index (κ2) is 5.54. The van der Waals surface area contributed by atoms with Crippen molar-refractivity contribution in [3.05, 3.63) is 17.7 Å². The highest BCUT2D eigenvalue weighted by Gasteiger charge is 2.34. The molecule has 1 saturated heterocycles. The summed E-state index contributed by atoms with van der Waals surface area (Å²) in [6.07, 6.45) is 1.37. The fourth-order valence-corrected chi connectivity index (χ4v) is 3.10. The quantitative estimate of drug-likeness (QED) is 0.813. The first-order valence-electron chi connectivity index (χ1n) is 7.15. The van der Waals surface area contributed by atoms with E-state index >= 15 is 0 Å². The van der Waals surface area contributed by atoms with Gasteiger partial charge < -0.3 is 25.4 Å². The molecule has 1 aromatic carbocycles. The Hall–Kier alpha value is -1.79. The Morgan fingerprint density at radius 2 is 1.86 bits per heavy atom. The number of ether oxygens (including phenoxy) is 2. The van der Waals surface area contributed by atoms with Crippen LogP contribution in [0.4, 0.5) is 17.1 Å². The number of nitrogens with two attached hydrogens (primary N) is 1. The minimum atomic E-state index is 0.0464. The molecule has 1 aromatic rings. The number of anilines is 3. The highest BCUT2D eigenvalue weighted by molar-refractivity contribution is 5.95. The van der Waals surface area contributed by atoms with Gasteiger partial charge in [0.2, 0.25) is 5.91 Å². The fraction of sp³-hybridized carbons (Fsp3) is 0.533. The summed E-state index contributed by atoms with van der Waals surface area (Å²) in [4.78, 5) is 13.6. The zero-order chi connectivity index (χ0) is 15.0. The third kappa shape index (κ3) is 2.56. The molecular weight excluding hydrogens is 270 g/mol. The largest absolute Gasteiger partial charge is 0.397 e. The van der Waals surface area contributed by atoms with E-state index in [9.17, 15) is 4.79 Å². The molecule has 2 heterocycles. The Bertz CT molecular complexity index is 549. The van der Waals surface area contributed by atoms with E-state index in [4.69, 9.17) is 15.2 Å². The zero-order valence-electron chi connectivity index (χ0n) is 12.4. The molecule has 114 valence electrons. The van der Waals surface area contributed by atoms with Crippen molar-refractivity contribution in [3.63, 3.8) is 0 Å². The second-order valence-corrected chi connectivity index (χ2v) is 5.57. The zero-order valence-corrected chi connectivity index (χ0v) is 12.4. The molecule has 0 aromatic heterocycles. The molecule has 1 fully saturated rings. The predicted octanol–water partition coefficient (Wildman–Crippen LogP) is 1.00. The number of nitrogen functional groups attached to an aromatic ring is 1. The molecule has 0 bridgehead atoms. The first-order valence-corrected chi connectivity index (χ1v) is 7.15. The second-order valence-electron chi connectivity index (χ2n) is 5.57. The van der Waals surface area contributed by atoms with Gasteiger partial charge in [-0.25, -0.2) is 0 Å². The molecule has 2 atom stereocenters. The van der Waals surface area contributed by atoms with Gasteiger partial charge in [-0.3, -0.25) is 4.79 Å². The van der Waals surface area contributed by atoms with Gasteiger partial charge in [-0.15, -0.1) is 0 Å². The fourth-order valence-electron chi connectivity index (χ4n) is 3.10. The van der Waals surface area contributed by atoms with Gasteiger partial charge in [-0.2, -0.15) is 0 Å². The van der Waals surface area contributed by atoms with Crippen molar-refractivity contribution >= 4 is 23.0 Å². The number of methoxy groups -OCH3 is 2. The molecule has 2 aliphatic heterocycles. The van der Waals surface area contributed by atoms with E-state index < -0.39 is 0 Å². The minimum Gasteiger partial charge on any atom is -0.397 e. The number of hydrogen-bond acceptors (Lipinski definition) is 5. The molecule has 6 heteroatoms. The lowest BCUT2D eigenvalue weighted by molar-refractivity contribution is -0.116. The molecule has 0 spiro atoms. The summed E-state index contributed by atoms with van der Waals surface area (Å²) in [6, 6.07) is 3.93. The molecule has 0 aliphatic carbocycles. The van der Waals surface area contributed by atoms with E-state index in [0.29, 0.717) is 12.1 Å². The van der Waals surface area contributed by atoms with Gasteiger partial charge in [0.25, 0.3) is 0 Å². The maximum absolute atomic E-state index is 11.4. The number of carbonyl (C=O) groups excluding carboxylic acids is 1. The van der Waals surface area contributed by atoms with E-state index in [1.807, 2.05) is 6.07 Å². The van der Waals surface area contributed by atoms with E-state index in [-0.39, 0.29) is 18.1 Å². The van der Waals surface area contributed by atoms with Gasteiger partial charge >= 0.3 is 0 Å². The minimum absolute atomic E-state index is 0.0464. The van der Waals surface area contributed by atoms with Crippen molar-refractivity contribution in [2.45, 2.75) is 25.0 Å². The Morgan fingerprint density at radius 1 is 1.19 bits per heavy atom. The number of benzene rings is 1. The van der Waals surface area contributed by atoms with Gasteiger partial charge in [0.15, 0.2) is 0 Å². The van der Waals surface area contributed by atoms with Crippen LogP contribution in [0.5, 0.6) is 0 Å². The summed E-state index contributed by atoms with van der Waals surface area (Å²) in [5.74, 6) is 0.0507. The van der Waals surface area contributed by atoms with Crippen LogP contribution in [-0.4, -0.2) is 45.4 Å². The van der Waals surface area contributed by atoms with Crippen molar-refractivity contribution in [1.82, 2.24) is 0 Å². The molecule has 3 N–H and O–H groups in total. The molecule has 6 nitrogen and oxygen atoms in total. The first-order chi connectivity index (χ1) is 10.1. The lowest BCUT2D eigenvalue weighted by Gasteiger charge is -2.24. The third-order valence-corrected chi connectivity index (χ3v) is 4.31. The highest BCUT2D eigenvalue weighted by Crippen LogP contribution is 2.35. The van der Waals surface area contributed by atoms with Gasteiger partial charge in [0.05, 0.1) is 11.4 Å². The maximum atomic E-state index is 11.4. The average Bonchev–Trinajstić information content (AvgIpc) is 2.89. The normalized spacial score (nSPS) is 24.9. The Labute approximate surface area is 124 Å². The standard InChI is InChI=1S/C15H21N3O3/c1-20-13-7-18(8-14(13)21-2)12-5-9-3-4-15(19)17-11(9)6-10(12)16/h5-6,13-14H,3-4,7-8,16H2,1-2H3,(H,17,19). The SMILES string of the molecule is COC1CN(c2cc3c(cc2N)NC(=O)CC3)CC1OC. The van der Waals surface area contributed by atoms with Crippen molar-refractivity contribution in [1.29, 1.82) is 0 Å².